The largest absolute Gasteiger partial charge is 0.496 e. The van der Waals surface area contributed by atoms with Crippen LogP contribution >= 0.6 is 0 Å². The topological polar surface area (TPSA) is 30.5 Å². The van der Waals surface area contributed by atoms with Crippen molar-refractivity contribution in [2.24, 2.45) is 0 Å². The number of hydrogen-bond acceptors (Lipinski definition) is 3. The highest BCUT2D eigenvalue weighted by Crippen LogP contribution is 2.28. The molecule has 1 unspecified atom stereocenters. The minimum absolute atomic E-state index is 0.226. The maximum atomic E-state index is 5.40. The van der Waals surface area contributed by atoms with E-state index in [4.69, 9.17) is 9.47 Å². The van der Waals surface area contributed by atoms with Crippen molar-refractivity contribution in [3.05, 3.63) is 42.0 Å². The molecule has 0 aliphatic rings. The lowest BCUT2D eigenvalue weighted by Crippen LogP contribution is -2.25. The summed E-state index contributed by atoms with van der Waals surface area (Å²) in [7, 11) is 3.44. The molecule has 19 heavy (non-hydrogen) atoms. The number of hydrogen-bond donors (Lipinski definition) is 1. The van der Waals surface area contributed by atoms with Gasteiger partial charge in [-0.1, -0.05) is 30.3 Å². The number of benzene rings is 2. The summed E-state index contributed by atoms with van der Waals surface area (Å²) in [6, 6.07) is 12.5. The van der Waals surface area contributed by atoms with Crippen molar-refractivity contribution in [3.63, 3.8) is 0 Å². The summed E-state index contributed by atoms with van der Waals surface area (Å²) in [6.45, 7) is 3.73. The molecular formula is C16H21NO2. The van der Waals surface area contributed by atoms with Crippen molar-refractivity contribution in [2.75, 3.05) is 20.8 Å². The second-order valence-corrected chi connectivity index (χ2v) is 4.65. The van der Waals surface area contributed by atoms with Gasteiger partial charge in [-0.15, -0.1) is 0 Å². The van der Waals surface area contributed by atoms with Gasteiger partial charge in [0.25, 0.3) is 0 Å². The maximum absolute atomic E-state index is 5.40. The van der Waals surface area contributed by atoms with Crippen LogP contribution in [-0.4, -0.2) is 26.9 Å². The van der Waals surface area contributed by atoms with Gasteiger partial charge < -0.3 is 14.8 Å². The summed E-state index contributed by atoms with van der Waals surface area (Å²) in [4.78, 5) is 0. The fraction of sp³-hybridized carbons (Fsp3) is 0.375. The van der Waals surface area contributed by atoms with E-state index in [0.717, 1.165) is 24.2 Å². The minimum atomic E-state index is 0.226. The molecule has 0 aromatic heterocycles. The Bertz CT molecular complexity index is 539. The Morgan fingerprint density at radius 3 is 2.47 bits per heavy atom. The van der Waals surface area contributed by atoms with Gasteiger partial charge >= 0.3 is 0 Å². The van der Waals surface area contributed by atoms with Gasteiger partial charge in [-0.3, -0.25) is 0 Å². The Morgan fingerprint density at radius 2 is 1.79 bits per heavy atom. The second-order valence-electron chi connectivity index (χ2n) is 4.65. The summed E-state index contributed by atoms with van der Waals surface area (Å²) < 4.78 is 10.6. The van der Waals surface area contributed by atoms with Crippen molar-refractivity contribution >= 4 is 10.8 Å². The Morgan fingerprint density at radius 1 is 1.05 bits per heavy atom. The molecule has 0 amide bonds. The molecule has 0 fully saturated rings. The van der Waals surface area contributed by atoms with Crippen LogP contribution in [0.25, 0.3) is 10.8 Å². The SMILES string of the molecule is COc1ccc(CNCC(C)OC)c2ccccc12. The van der Waals surface area contributed by atoms with Gasteiger partial charge in [0, 0.05) is 25.6 Å². The highest BCUT2D eigenvalue weighted by atomic mass is 16.5. The Balaban J connectivity index is 2.20. The Hall–Kier alpha value is -1.58. The molecule has 0 saturated heterocycles. The monoisotopic (exact) mass is 259 g/mol. The molecule has 2 aromatic carbocycles. The summed E-state index contributed by atoms with van der Waals surface area (Å²) in [5.74, 6) is 0.921. The van der Waals surface area contributed by atoms with Gasteiger partial charge in [-0.25, -0.2) is 0 Å². The molecule has 102 valence electrons. The molecule has 0 aliphatic heterocycles. The third-order valence-corrected chi connectivity index (χ3v) is 3.34. The minimum Gasteiger partial charge on any atom is -0.496 e. The van der Waals surface area contributed by atoms with Crippen LogP contribution in [-0.2, 0) is 11.3 Å². The van der Waals surface area contributed by atoms with Crippen molar-refractivity contribution in [2.45, 2.75) is 19.6 Å². The number of nitrogens with one attached hydrogen (secondary N) is 1. The highest BCUT2D eigenvalue weighted by molar-refractivity contribution is 5.91. The molecule has 2 aromatic rings. The van der Waals surface area contributed by atoms with E-state index in [-0.39, 0.29) is 6.10 Å². The third kappa shape index (κ3) is 3.25. The average Bonchev–Trinajstić information content (AvgIpc) is 2.47. The van der Waals surface area contributed by atoms with E-state index in [1.807, 2.05) is 12.1 Å². The van der Waals surface area contributed by atoms with E-state index >= 15 is 0 Å². The molecule has 0 bridgehead atoms. The van der Waals surface area contributed by atoms with Crippen LogP contribution in [0.3, 0.4) is 0 Å². The summed E-state index contributed by atoms with van der Waals surface area (Å²) in [6.07, 6.45) is 0.226. The molecule has 1 atom stereocenters. The molecule has 2 rings (SSSR count). The molecule has 0 aliphatic carbocycles. The zero-order valence-corrected chi connectivity index (χ0v) is 11.8. The highest BCUT2D eigenvalue weighted by Gasteiger charge is 2.06. The van der Waals surface area contributed by atoms with E-state index in [9.17, 15) is 0 Å². The third-order valence-electron chi connectivity index (χ3n) is 3.34. The first-order chi connectivity index (χ1) is 9.26. The molecule has 3 nitrogen and oxygen atoms in total. The lowest BCUT2D eigenvalue weighted by Gasteiger charge is -2.13. The molecule has 0 heterocycles. The van der Waals surface area contributed by atoms with Gasteiger partial charge in [-0.05, 0) is 23.9 Å². The van der Waals surface area contributed by atoms with Crippen LogP contribution in [0.1, 0.15) is 12.5 Å². The van der Waals surface area contributed by atoms with E-state index in [2.05, 4.69) is 36.5 Å². The average molecular weight is 259 g/mol. The van der Waals surface area contributed by atoms with Gasteiger partial charge in [-0.2, -0.15) is 0 Å². The van der Waals surface area contributed by atoms with Gasteiger partial charge in [0.2, 0.25) is 0 Å². The molecule has 0 spiro atoms. The first-order valence-corrected chi connectivity index (χ1v) is 6.54. The number of rotatable bonds is 6. The zero-order chi connectivity index (χ0) is 13.7. The van der Waals surface area contributed by atoms with E-state index in [1.54, 1.807) is 14.2 Å². The van der Waals surface area contributed by atoms with E-state index in [1.165, 1.54) is 10.9 Å². The Kier molecular flexibility index (Phi) is 4.77. The fourth-order valence-electron chi connectivity index (χ4n) is 2.16. The quantitative estimate of drug-likeness (QED) is 0.865. The lowest BCUT2D eigenvalue weighted by molar-refractivity contribution is 0.117. The Labute approximate surface area is 114 Å². The number of methoxy groups -OCH3 is 2. The molecule has 1 N–H and O–H groups in total. The normalized spacial score (nSPS) is 12.6. The second kappa shape index (κ2) is 6.55. The van der Waals surface area contributed by atoms with Crippen LogP contribution in [0.2, 0.25) is 0 Å². The molecule has 3 heteroatoms. The van der Waals surface area contributed by atoms with Crippen LogP contribution in [0.15, 0.2) is 36.4 Å². The predicted octanol–water partition coefficient (Wildman–Crippen LogP) is 2.97. The first kappa shape index (κ1) is 13.8. The molecular weight excluding hydrogens is 238 g/mol. The molecule has 0 saturated carbocycles. The summed E-state index contributed by atoms with van der Waals surface area (Å²) in [5, 5.41) is 5.81. The van der Waals surface area contributed by atoms with Crippen LogP contribution in [0.4, 0.5) is 0 Å². The molecule has 0 radical (unpaired) electrons. The lowest BCUT2D eigenvalue weighted by atomic mass is 10.0. The van der Waals surface area contributed by atoms with Gasteiger partial charge in [0.05, 0.1) is 13.2 Å². The number of fused-ring (bicyclic) bond motifs is 1. The van der Waals surface area contributed by atoms with Crippen molar-refractivity contribution in [1.82, 2.24) is 5.32 Å². The smallest absolute Gasteiger partial charge is 0.126 e. The maximum Gasteiger partial charge on any atom is 0.126 e. The zero-order valence-electron chi connectivity index (χ0n) is 11.8. The van der Waals surface area contributed by atoms with Crippen LogP contribution in [0.5, 0.6) is 5.75 Å². The van der Waals surface area contributed by atoms with Crippen molar-refractivity contribution < 1.29 is 9.47 Å². The van der Waals surface area contributed by atoms with Gasteiger partial charge in [0.1, 0.15) is 5.75 Å². The van der Waals surface area contributed by atoms with Crippen molar-refractivity contribution in [3.8, 4) is 5.75 Å². The fourth-order valence-corrected chi connectivity index (χ4v) is 2.16. The number of ether oxygens (including phenoxy) is 2. The summed E-state index contributed by atoms with van der Waals surface area (Å²) >= 11 is 0. The van der Waals surface area contributed by atoms with Crippen molar-refractivity contribution in [1.29, 1.82) is 0 Å². The standard InChI is InChI=1S/C16H21NO2/c1-12(18-2)10-17-11-13-8-9-16(19-3)15-7-5-4-6-14(13)15/h4-9,12,17H,10-11H2,1-3H3. The van der Waals surface area contributed by atoms with E-state index in [0.29, 0.717) is 0 Å². The van der Waals surface area contributed by atoms with Gasteiger partial charge in [0.15, 0.2) is 0 Å². The summed E-state index contributed by atoms with van der Waals surface area (Å²) in [5.41, 5.74) is 1.28. The van der Waals surface area contributed by atoms with E-state index < -0.39 is 0 Å². The predicted molar refractivity (Wildman–Crippen MR) is 78.7 cm³/mol. The first-order valence-electron chi connectivity index (χ1n) is 6.54. The van der Waals surface area contributed by atoms with Crippen LogP contribution < -0.4 is 10.1 Å². The van der Waals surface area contributed by atoms with Crippen LogP contribution in [0, 0.1) is 0 Å².